The number of halogens is 2. The first-order valence-corrected chi connectivity index (χ1v) is 5.09. The zero-order valence-electron chi connectivity index (χ0n) is 9.30. The number of anilines is 1. The summed E-state index contributed by atoms with van der Waals surface area (Å²) in [4.78, 5) is 10.7. The van der Waals surface area contributed by atoms with E-state index in [-0.39, 0.29) is 24.8 Å². The lowest BCUT2D eigenvalue weighted by atomic mass is 10.1. The Morgan fingerprint density at radius 2 is 1.75 bits per heavy atom. The number of hydrogen-bond acceptors (Lipinski definition) is 4. The molecule has 0 amide bonds. The Labute approximate surface area is 109 Å². The Morgan fingerprint density at radius 3 is 2.25 bits per heavy atom. The number of aromatic nitrogens is 2. The van der Waals surface area contributed by atoms with Gasteiger partial charge in [0.1, 0.15) is 0 Å². The summed E-state index contributed by atoms with van der Waals surface area (Å²) in [7, 11) is 2.03. The minimum Gasteiger partial charge on any atom is -0.341 e. The van der Waals surface area contributed by atoms with Crippen LogP contribution < -0.4 is 10.2 Å². The molecule has 0 aromatic carbocycles. The van der Waals surface area contributed by atoms with Gasteiger partial charge in [0.15, 0.2) is 0 Å². The molecule has 6 heteroatoms. The Kier molecular flexibility index (Phi) is 7.38. The molecule has 1 N–H and O–H groups in total. The largest absolute Gasteiger partial charge is 0.341 e. The Hall–Kier alpha value is -0.580. The smallest absolute Gasteiger partial charge is 0.225 e. The maximum atomic E-state index is 4.25. The topological polar surface area (TPSA) is 41.0 Å². The van der Waals surface area contributed by atoms with Crippen molar-refractivity contribution in [2.45, 2.75) is 18.9 Å². The zero-order chi connectivity index (χ0) is 9.80. The molecule has 92 valence electrons. The predicted molar refractivity (Wildman–Crippen MR) is 70.8 cm³/mol. The van der Waals surface area contributed by atoms with Crippen molar-refractivity contribution in [1.29, 1.82) is 0 Å². The average Bonchev–Trinajstić information content (AvgIpc) is 2.30. The Bertz CT molecular complexity index is 275. The second-order valence-corrected chi connectivity index (χ2v) is 3.60. The third-order valence-electron chi connectivity index (χ3n) is 2.74. The first kappa shape index (κ1) is 15.4. The van der Waals surface area contributed by atoms with Crippen molar-refractivity contribution in [2.75, 3.05) is 25.0 Å². The van der Waals surface area contributed by atoms with Crippen LogP contribution in [0.2, 0.25) is 0 Å². The van der Waals surface area contributed by atoms with Gasteiger partial charge in [-0.3, -0.25) is 0 Å². The Morgan fingerprint density at radius 1 is 1.19 bits per heavy atom. The lowest BCUT2D eigenvalue weighted by molar-refractivity contribution is 0.439. The van der Waals surface area contributed by atoms with Crippen LogP contribution in [0.15, 0.2) is 18.5 Å². The highest BCUT2D eigenvalue weighted by atomic mass is 35.5. The van der Waals surface area contributed by atoms with Gasteiger partial charge >= 0.3 is 0 Å². The van der Waals surface area contributed by atoms with E-state index in [9.17, 15) is 0 Å². The van der Waals surface area contributed by atoms with E-state index >= 15 is 0 Å². The first-order chi connectivity index (χ1) is 6.90. The minimum absolute atomic E-state index is 0. The molecular formula is C10H18Cl2N4. The minimum atomic E-state index is 0. The second kappa shape index (κ2) is 7.65. The number of hydrogen-bond donors (Lipinski definition) is 1. The normalized spacial score (nSPS) is 16.2. The highest BCUT2D eigenvalue weighted by Gasteiger charge is 2.18. The van der Waals surface area contributed by atoms with Gasteiger partial charge in [-0.15, -0.1) is 24.8 Å². The summed E-state index contributed by atoms with van der Waals surface area (Å²) in [6.45, 7) is 2.10. The second-order valence-electron chi connectivity index (χ2n) is 3.60. The summed E-state index contributed by atoms with van der Waals surface area (Å²) in [5.74, 6) is 0.863. The van der Waals surface area contributed by atoms with Crippen molar-refractivity contribution in [2.24, 2.45) is 0 Å². The van der Waals surface area contributed by atoms with E-state index in [2.05, 4.69) is 20.2 Å². The molecule has 1 aliphatic rings. The van der Waals surface area contributed by atoms with Crippen molar-refractivity contribution in [1.82, 2.24) is 15.3 Å². The van der Waals surface area contributed by atoms with Crippen LogP contribution >= 0.6 is 24.8 Å². The molecule has 0 aliphatic carbocycles. The Balaban J connectivity index is 0.00000112. The van der Waals surface area contributed by atoms with Crippen LogP contribution in [0.3, 0.4) is 0 Å². The third kappa shape index (κ3) is 3.77. The van der Waals surface area contributed by atoms with Crippen LogP contribution in [0.5, 0.6) is 0 Å². The number of nitrogens with zero attached hydrogens (tertiary/aromatic N) is 3. The molecule has 1 fully saturated rings. The average molecular weight is 265 g/mol. The molecule has 2 heterocycles. The van der Waals surface area contributed by atoms with Gasteiger partial charge < -0.3 is 10.2 Å². The fourth-order valence-corrected chi connectivity index (χ4v) is 1.82. The molecule has 0 unspecified atom stereocenters. The van der Waals surface area contributed by atoms with Crippen molar-refractivity contribution < 1.29 is 0 Å². The van der Waals surface area contributed by atoms with Crippen LogP contribution in [-0.2, 0) is 0 Å². The van der Waals surface area contributed by atoms with Gasteiger partial charge in [-0.05, 0) is 26.0 Å². The summed E-state index contributed by atoms with van der Waals surface area (Å²) in [5.41, 5.74) is 0. The molecule has 1 aromatic rings. The fourth-order valence-electron chi connectivity index (χ4n) is 1.82. The summed E-state index contributed by atoms with van der Waals surface area (Å²) in [5, 5.41) is 3.31. The number of nitrogens with one attached hydrogen (secondary N) is 1. The van der Waals surface area contributed by atoms with Crippen LogP contribution in [0, 0.1) is 0 Å². The van der Waals surface area contributed by atoms with Crippen LogP contribution in [-0.4, -0.2) is 36.1 Å². The molecule has 1 saturated heterocycles. The van der Waals surface area contributed by atoms with E-state index in [4.69, 9.17) is 0 Å². The SMILES string of the molecule is CNC1CCN(c2ncccn2)CC1.Cl.Cl. The molecule has 0 spiro atoms. The number of rotatable bonds is 2. The maximum Gasteiger partial charge on any atom is 0.225 e. The molecule has 16 heavy (non-hydrogen) atoms. The van der Waals surface area contributed by atoms with E-state index < -0.39 is 0 Å². The summed E-state index contributed by atoms with van der Waals surface area (Å²) in [6.07, 6.45) is 5.95. The van der Waals surface area contributed by atoms with Gasteiger partial charge in [-0.2, -0.15) is 0 Å². The quantitative estimate of drug-likeness (QED) is 0.880. The van der Waals surface area contributed by atoms with E-state index in [0.717, 1.165) is 19.0 Å². The lowest BCUT2D eigenvalue weighted by Gasteiger charge is -2.31. The summed E-state index contributed by atoms with van der Waals surface area (Å²) in [6, 6.07) is 2.51. The van der Waals surface area contributed by atoms with Gasteiger partial charge in [0.2, 0.25) is 5.95 Å². The van der Waals surface area contributed by atoms with E-state index in [1.165, 1.54) is 12.8 Å². The van der Waals surface area contributed by atoms with E-state index in [0.29, 0.717) is 6.04 Å². The van der Waals surface area contributed by atoms with Gasteiger partial charge in [-0.1, -0.05) is 0 Å². The van der Waals surface area contributed by atoms with Crippen molar-refractivity contribution in [3.05, 3.63) is 18.5 Å². The first-order valence-electron chi connectivity index (χ1n) is 5.09. The third-order valence-corrected chi connectivity index (χ3v) is 2.74. The van der Waals surface area contributed by atoms with Gasteiger partial charge in [-0.25, -0.2) is 9.97 Å². The van der Waals surface area contributed by atoms with Gasteiger partial charge in [0.05, 0.1) is 0 Å². The van der Waals surface area contributed by atoms with Gasteiger partial charge in [0, 0.05) is 31.5 Å². The predicted octanol–water partition coefficient (Wildman–Crippen LogP) is 1.51. The van der Waals surface area contributed by atoms with E-state index in [1.807, 2.05) is 13.1 Å². The van der Waals surface area contributed by atoms with Crippen LogP contribution in [0.25, 0.3) is 0 Å². The monoisotopic (exact) mass is 264 g/mol. The van der Waals surface area contributed by atoms with E-state index in [1.54, 1.807) is 12.4 Å². The van der Waals surface area contributed by atoms with Crippen LogP contribution in [0.4, 0.5) is 5.95 Å². The summed E-state index contributed by atoms with van der Waals surface area (Å²) >= 11 is 0. The number of piperidine rings is 1. The molecule has 0 saturated carbocycles. The highest BCUT2D eigenvalue weighted by Crippen LogP contribution is 2.14. The standard InChI is InChI=1S/C10H16N4.2ClH/c1-11-9-3-7-14(8-4-9)10-12-5-2-6-13-10;;/h2,5-6,9,11H,3-4,7-8H2,1H3;2*1H. The van der Waals surface area contributed by atoms with Crippen LogP contribution in [0.1, 0.15) is 12.8 Å². The molecule has 4 nitrogen and oxygen atoms in total. The van der Waals surface area contributed by atoms with Gasteiger partial charge in [0.25, 0.3) is 0 Å². The maximum absolute atomic E-state index is 4.25. The molecule has 1 aliphatic heterocycles. The zero-order valence-corrected chi connectivity index (χ0v) is 10.9. The molecule has 2 rings (SSSR count). The molecule has 0 bridgehead atoms. The molecule has 1 aromatic heterocycles. The van der Waals surface area contributed by atoms with Crippen molar-refractivity contribution in [3.8, 4) is 0 Å². The molecule has 0 radical (unpaired) electrons. The van der Waals surface area contributed by atoms with Crippen molar-refractivity contribution in [3.63, 3.8) is 0 Å². The lowest BCUT2D eigenvalue weighted by Crippen LogP contribution is -2.41. The fraction of sp³-hybridized carbons (Fsp3) is 0.600. The molecule has 0 atom stereocenters. The highest BCUT2D eigenvalue weighted by molar-refractivity contribution is 5.85. The van der Waals surface area contributed by atoms with Crippen molar-refractivity contribution >= 4 is 30.8 Å². The summed E-state index contributed by atoms with van der Waals surface area (Å²) < 4.78 is 0. The molecular weight excluding hydrogens is 247 g/mol.